The molecule has 0 spiro atoms. The number of rotatable bonds is 1. The van der Waals surface area contributed by atoms with Crippen LogP contribution in [0.1, 0.15) is 20.8 Å². The number of aliphatic hydroxyl groups excluding tert-OH is 1. The van der Waals surface area contributed by atoms with Gasteiger partial charge in [0, 0.05) is 16.8 Å². The van der Waals surface area contributed by atoms with Gasteiger partial charge in [0.15, 0.2) is 0 Å². The van der Waals surface area contributed by atoms with Crippen LogP contribution >= 0.6 is 0 Å². The largest absolute Gasteiger partial charge is 0.396 e. The Labute approximate surface area is 54.5 Å². The van der Waals surface area contributed by atoms with Gasteiger partial charge < -0.3 is 5.11 Å². The topological polar surface area (TPSA) is 20.2 Å². The van der Waals surface area contributed by atoms with E-state index in [1.165, 1.54) is 0 Å². The van der Waals surface area contributed by atoms with Crippen LogP contribution in [0.15, 0.2) is 0 Å². The average Bonchev–Trinajstić information content (AvgIpc) is 1.62. The number of hydrogen-bond donors (Lipinski definition) is 1. The summed E-state index contributed by atoms with van der Waals surface area (Å²) >= 11 is 0. The second-order valence-corrected chi connectivity index (χ2v) is 4.84. The molecule has 8 heavy (non-hydrogen) atoms. The first kappa shape index (κ1) is 8.18. The Morgan fingerprint density at radius 3 is 1.88 bits per heavy atom. The van der Waals surface area contributed by atoms with E-state index in [0.29, 0.717) is 17.6 Å². The summed E-state index contributed by atoms with van der Waals surface area (Å²) < 4.78 is 0. The smallest absolute Gasteiger partial charge is 0.0431 e. The first-order valence-electron chi connectivity index (χ1n) is 3.09. The molecule has 0 saturated carbocycles. The highest BCUT2D eigenvalue weighted by molar-refractivity contribution is 6.12. The van der Waals surface area contributed by atoms with Crippen molar-refractivity contribution in [2.24, 2.45) is 5.41 Å². The fourth-order valence-corrected chi connectivity index (χ4v) is 0.274. The van der Waals surface area contributed by atoms with Crippen LogP contribution in [-0.2, 0) is 0 Å². The summed E-state index contributed by atoms with van der Waals surface area (Å²) in [6.45, 7) is 6.86. The molecular weight excluding hydrogens is 116 g/mol. The van der Waals surface area contributed by atoms with E-state index in [2.05, 4.69) is 20.8 Å². The van der Waals surface area contributed by atoms with Crippen molar-refractivity contribution < 1.29 is 5.11 Å². The van der Waals surface area contributed by atoms with Crippen molar-refractivity contribution in [3.05, 3.63) is 0 Å². The summed E-state index contributed by atoms with van der Waals surface area (Å²) in [5.74, 6) is 0. The van der Waals surface area contributed by atoms with E-state index < -0.39 is 0 Å². The molecule has 1 nitrogen and oxygen atoms in total. The molecule has 0 radical (unpaired) electrons. The highest BCUT2D eigenvalue weighted by Gasteiger charge is 2.17. The minimum absolute atomic E-state index is 0.320. The fraction of sp³-hybridized carbons (Fsp3) is 1.00. The van der Waals surface area contributed by atoms with Crippen LogP contribution in [0.3, 0.4) is 0 Å². The normalized spacial score (nSPS) is 16.5. The predicted molar refractivity (Wildman–Crippen MR) is 40.2 cm³/mol. The van der Waals surface area contributed by atoms with Crippen molar-refractivity contribution in [3.8, 4) is 0 Å². The SMILES string of the molecule is CC(C)(C)C([SiH3])CO. The molecule has 1 atom stereocenters. The van der Waals surface area contributed by atoms with Crippen molar-refractivity contribution in [2.45, 2.75) is 26.3 Å². The van der Waals surface area contributed by atoms with E-state index in [4.69, 9.17) is 5.11 Å². The Hall–Kier alpha value is 0.177. The standard InChI is InChI=1S/C6H16OSi/c1-6(2,3)5(8)4-7/h5,7H,4H2,1-3,8H3. The van der Waals surface area contributed by atoms with Crippen molar-refractivity contribution in [1.82, 2.24) is 0 Å². The van der Waals surface area contributed by atoms with Crippen molar-refractivity contribution in [3.63, 3.8) is 0 Å². The summed E-state index contributed by atoms with van der Waals surface area (Å²) in [7, 11) is 1.10. The zero-order valence-electron chi connectivity index (χ0n) is 6.23. The summed E-state index contributed by atoms with van der Waals surface area (Å²) in [5.41, 5.74) is 0.864. The lowest BCUT2D eigenvalue weighted by Crippen LogP contribution is -2.17. The molecule has 0 rings (SSSR count). The maximum atomic E-state index is 8.71. The maximum absolute atomic E-state index is 8.71. The van der Waals surface area contributed by atoms with Crippen LogP contribution in [0.5, 0.6) is 0 Å². The first-order valence-corrected chi connectivity index (χ1v) is 4.25. The Morgan fingerprint density at radius 2 is 1.88 bits per heavy atom. The van der Waals surface area contributed by atoms with Crippen LogP contribution in [-0.4, -0.2) is 22.0 Å². The summed E-state index contributed by atoms with van der Waals surface area (Å²) in [6.07, 6.45) is 0. The third-order valence-corrected chi connectivity index (χ3v) is 3.85. The lowest BCUT2D eigenvalue weighted by Gasteiger charge is -2.24. The Bertz CT molecular complexity index is 65.4. The minimum Gasteiger partial charge on any atom is -0.396 e. The molecule has 50 valence electrons. The molecule has 0 aliphatic carbocycles. The molecule has 0 amide bonds. The van der Waals surface area contributed by atoms with E-state index in [1.807, 2.05) is 0 Å². The molecule has 0 aromatic carbocycles. The van der Waals surface area contributed by atoms with Crippen molar-refractivity contribution >= 4 is 10.2 Å². The molecule has 0 saturated heterocycles. The van der Waals surface area contributed by atoms with Crippen LogP contribution in [0.25, 0.3) is 0 Å². The molecule has 1 N–H and O–H groups in total. The van der Waals surface area contributed by atoms with Gasteiger partial charge >= 0.3 is 0 Å². The highest BCUT2D eigenvalue weighted by atomic mass is 28.1. The molecule has 0 aliphatic heterocycles. The van der Waals surface area contributed by atoms with Gasteiger partial charge in [-0.3, -0.25) is 0 Å². The van der Waals surface area contributed by atoms with E-state index in [0.717, 1.165) is 10.2 Å². The van der Waals surface area contributed by atoms with Gasteiger partial charge in [0.25, 0.3) is 0 Å². The van der Waals surface area contributed by atoms with Crippen molar-refractivity contribution in [1.29, 1.82) is 0 Å². The Balaban J connectivity index is 3.62. The molecule has 1 unspecified atom stereocenters. The third kappa shape index (κ3) is 2.48. The third-order valence-electron chi connectivity index (χ3n) is 1.75. The average molecular weight is 132 g/mol. The molecule has 0 aliphatic rings. The van der Waals surface area contributed by atoms with Gasteiger partial charge in [0.2, 0.25) is 0 Å². The quantitative estimate of drug-likeness (QED) is 0.505. The van der Waals surface area contributed by atoms with Gasteiger partial charge in [-0.2, -0.15) is 0 Å². The van der Waals surface area contributed by atoms with Gasteiger partial charge in [-0.25, -0.2) is 0 Å². The van der Waals surface area contributed by atoms with Gasteiger partial charge in [0.1, 0.15) is 0 Å². The van der Waals surface area contributed by atoms with E-state index in [1.54, 1.807) is 0 Å². The molecule has 0 bridgehead atoms. The molecule has 0 heterocycles. The van der Waals surface area contributed by atoms with Gasteiger partial charge in [-0.05, 0) is 11.0 Å². The lowest BCUT2D eigenvalue weighted by atomic mass is 9.92. The second-order valence-electron chi connectivity index (χ2n) is 3.45. The van der Waals surface area contributed by atoms with Gasteiger partial charge in [-0.1, -0.05) is 20.8 Å². The van der Waals surface area contributed by atoms with Crippen LogP contribution in [0.2, 0.25) is 5.54 Å². The number of hydrogen-bond acceptors (Lipinski definition) is 1. The van der Waals surface area contributed by atoms with E-state index in [9.17, 15) is 0 Å². The minimum atomic E-state index is 0.320. The fourth-order valence-electron chi connectivity index (χ4n) is 0.274. The Kier molecular flexibility index (Phi) is 2.70. The predicted octanol–water partition coefficient (Wildman–Crippen LogP) is 0.179. The van der Waals surface area contributed by atoms with Crippen molar-refractivity contribution in [2.75, 3.05) is 6.61 Å². The maximum Gasteiger partial charge on any atom is 0.0431 e. The summed E-state index contributed by atoms with van der Waals surface area (Å²) in [6, 6.07) is 0. The summed E-state index contributed by atoms with van der Waals surface area (Å²) in [5, 5.41) is 8.71. The molecule has 0 aromatic heterocycles. The summed E-state index contributed by atoms with van der Waals surface area (Å²) in [4.78, 5) is 0. The zero-order valence-corrected chi connectivity index (χ0v) is 8.23. The molecular formula is C6H16OSi. The highest BCUT2D eigenvalue weighted by Crippen LogP contribution is 2.26. The lowest BCUT2D eigenvalue weighted by molar-refractivity contribution is 0.226. The van der Waals surface area contributed by atoms with Gasteiger partial charge in [0.05, 0.1) is 0 Å². The second kappa shape index (κ2) is 2.64. The molecule has 0 fully saturated rings. The van der Waals surface area contributed by atoms with E-state index in [-0.39, 0.29) is 0 Å². The van der Waals surface area contributed by atoms with E-state index >= 15 is 0 Å². The monoisotopic (exact) mass is 132 g/mol. The van der Waals surface area contributed by atoms with Crippen LogP contribution in [0, 0.1) is 5.41 Å². The van der Waals surface area contributed by atoms with Crippen LogP contribution in [0.4, 0.5) is 0 Å². The first-order chi connectivity index (χ1) is 3.48. The molecule has 2 heteroatoms. The molecule has 0 aromatic rings. The zero-order chi connectivity index (χ0) is 6.78. The van der Waals surface area contributed by atoms with Crippen LogP contribution < -0.4 is 0 Å². The van der Waals surface area contributed by atoms with Gasteiger partial charge in [-0.15, -0.1) is 0 Å². The Morgan fingerprint density at radius 1 is 1.50 bits per heavy atom. The number of aliphatic hydroxyl groups is 1.